The Morgan fingerprint density at radius 3 is 2.84 bits per heavy atom. The molecule has 1 aromatic heterocycles. The minimum atomic E-state index is -0.642. The lowest BCUT2D eigenvalue weighted by Crippen LogP contribution is -2.45. The summed E-state index contributed by atoms with van der Waals surface area (Å²) in [5.41, 5.74) is 4.85. The van der Waals surface area contributed by atoms with Gasteiger partial charge < -0.3 is 11.1 Å². The van der Waals surface area contributed by atoms with Crippen LogP contribution in [0.1, 0.15) is 25.7 Å². The number of nitrogen functional groups attached to an aromatic ring is 1. The van der Waals surface area contributed by atoms with Gasteiger partial charge in [-0.3, -0.25) is 4.79 Å². The Bertz CT molecular complexity index is 488. The van der Waals surface area contributed by atoms with Crippen molar-refractivity contribution >= 4 is 23.5 Å². The number of amides is 1. The smallest absolute Gasteiger partial charge is 0.231 e. The molecule has 1 fully saturated rings. The number of hydrogen-bond acceptors (Lipinski definition) is 5. The van der Waals surface area contributed by atoms with Crippen molar-refractivity contribution in [2.24, 2.45) is 0 Å². The Kier molecular flexibility index (Phi) is 4.27. The summed E-state index contributed by atoms with van der Waals surface area (Å²) >= 11 is 1.39. The number of rotatable bonds is 4. The van der Waals surface area contributed by atoms with E-state index in [1.165, 1.54) is 11.8 Å². The van der Waals surface area contributed by atoms with E-state index in [0.717, 1.165) is 30.6 Å². The van der Waals surface area contributed by atoms with Crippen molar-refractivity contribution in [2.75, 3.05) is 11.5 Å². The van der Waals surface area contributed by atoms with Crippen LogP contribution in [0.2, 0.25) is 0 Å². The Labute approximate surface area is 116 Å². The number of nitrogens with zero attached hydrogens (tertiary/aromatic N) is 2. The maximum Gasteiger partial charge on any atom is 0.231 e. The largest absolute Gasteiger partial charge is 0.384 e. The summed E-state index contributed by atoms with van der Waals surface area (Å²) in [6, 6.07) is 5.78. The molecule has 19 heavy (non-hydrogen) atoms. The van der Waals surface area contributed by atoms with E-state index < -0.39 is 5.54 Å². The second kappa shape index (κ2) is 5.93. The molecule has 1 aliphatic rings. The van der Waals surface area contributed by atoms with Gasteiger partial charge in [0.15, 0.2) is 0 Å². The normalized spacial score (nSPS) is 16.8. The van der Waals surface area contributed by atoms with Crippen LogP contribution in [0.15, 0.2) is 23.2 Å². The number of carbonyl (C=O) groups is 1. The maximum atomic E-state index is 11.9. The molecule has 0 radical (unpaired) electrons. The Hall–Kier alpha value is -1.74. The van der Waals surface area contributed by atoms with Gasteiger partial charge in [-0.1, -0.05) is 0 Å². The molecule has 1 amide bonds. The molecule has 5 nitrogen and oxygen atoms in total. The first-order valence-corrected chi connectivity index (χ1v) is 7.19. The quantitative estimate of drug-likeness (QED) is 0.817. The molecule has 0 saturated heterocycles. The Balaban J connectivity index is 1.85. The van der Waals surface area contributed by atoms with Crippen LogP contribution in [0.3, 0.4) is 0 Å². The van der Waals surface area contributed by atoms with E-state index in [9.17, 15) is 10.1 Å². The third-order valence-electron chi connectivity index (χ3n) is 3.18. The summed E-state index contributed by atoms with van der Waals surface area (Å²) in [4.78, 5) is 16.7. The molecule has 0 atom stereocenters. The lowest BCUT2D eigenvalue weighted by atomic mass is 10.0. The van der Waals surface area contributed by atoms with E-state index in [2.05, 4.69) is 16.4 Å². The van der Waals surface area contributed by atoms with Gasteiger partial charge >= 0.3 is 0 Å². The fourth-order valence-electron chi connectivity index (χ4n) is 2.17. The predicted molar refractivity (Wildman–Crippen MR) is 74.3 cm³/mol. The van der Waals surface area contributed by atoms with Gasteiger partial charge in [-0.05, 0) is 37.8 Å². The summed E-state index contributed by atoms with van der Waals surface area (Å²) in [5, 5.41) is 12.0. The average molecular weight is 276 g/mol. The zero-order valence-electron chi connectivity index (χ0n) is 10.6. The Morgan fingerprint density at radius 2 is 2.26 bits per heavy atom. The number of carbonyl (C=O) groups excluding carboxylic acids is 1. The van der Waals surface area contributed by atoms with Crippen LogP contribution in [0.4, 0.5) is 5.82 Å². The first kappa shape index (κ1) is 13.7. The van der Waals surface area contributed by atoms with Crippen molar-refractivity contribution in [3.05, 3.63) is 18.3 Å². The molecule has 3 N–H and O–H groups in total. The summed E-state index contributed by atoms with van der Waals surface area (Å²) in [5.74, 6) is 0.642. The van der Waals surface area contributed by atoms with Crippen LogP contribution in [0, 0.1) is 11.3 Å². The molecule has 100 valence electrons. The van der Waals surface area contributed by atoms with Crippen LogP contribution in [0.5, 0.6) is 0 Å². The second-order valence-corrected chi connectivity index (χ2v) is 5.71. The van der Waals surface area contributed by atoms with Gasteiger partial charge in [-0.2, -0.15) is 5.26 Å². The van der Waals surface area contributed by atoms with Crippen molar-refractivity contribution in [3.63, 3.8) is 0 Å². The van der Waals surface area contributed by atoms with E-state index >= 15 is 0 Å². The first-order chi connectivity index (χ1) is 9.13. The summed E-state index contributed by atoms with van der Waals surface area (Å²) < 4.78 is 0. The van der Waals surface area contributed by atoms with Crippen molar-refractivity contribution in [1.29, 1.82) is 5.26 Å². The summed E-state index contributed by atoms with van der Waals surface area (Å²) in [6.07, 6.45) is 5.15. The first-order valence-electron chi connectivity index (χ1n) is 6.20. The topological polar surface area (TPSA) is 91.8 Å². The van der Waals surface area contributed by atoms with Crippen LogP contribution in [-0.4, -0.2) is 22.2 Å². The lowest BCUT2D eigenvalue weighted by molar-refractivity contribution is -0.119. The third-order valence-corrected chi connectivity index (χ3v) is 4.16. The summed E-state index contributed by atoms with van der Waals surface area (Å²) in [6.45, 7) is 0. The lowest BCUT2D eigenvalue weighted by Gasteiger charge is -2.21. The summed E-state index contributed by atoms with van der Waals surface area (Å²) in [7, 11) is 0. The SMILES string of the molecule is N#CC1(NC(=O)CSc2ccc(N)nc2)CCCC1. The van der Waals surface area contributed by atoms with Crippen LogP contribution < -0.4 is 11.1 Å². The molecule has 0 spiro atoms. The van der Waals surface area contributed by atoms with E-state index in [0.29, 0.717) is 5.82 Å². The molecule has 1 aromatic rings. The van der Waals surface area contributed by atoms with Crippen LogP contribution in [-0.2, 0) is 4.79 Å². The number of anilines is 1. The fraction of sp³-hybridized carbons (Fsp3) is 0.462. The molecule has 0 bridgehead atoms. The molecule has 0 unspecified atom stereocenters. The van der Waals surface area contributed by atoms with E-state index in [1.54, 1.807) is 12.3 Å². The fourth-order valence-corrected chi connectivity index (χ4v) is 2.83. The van der Waals surface area contributed by atoms with E-state index in [1.807, 2.05) is 6.07 Å². The minimum Gasteiger partial charge on any atom is -0.384 e. The molecule has 6 heteroatoms. The van der Waals surface area contributed by atoms with Crippen molar-refractivity contribution in [1.82, 2.24) is 10.3 Å². The third kappa shape index (κ3) is 3.61. The number of hydrogen-bond donors (Lipinski definition) is 2. The number of nitrogens with one attached hydrogen (secondary N) is 1. The standard InChI is InChI=1S/C13H16N4OS/c14-9-13(5-1-2-6-13)17-12(18)8-19-10-3-4-11(15)16-7-10/h3-4,7H,1-2,5-6,8H2,(H2,15,16)(H,17,18). The van der Waals surface area contributed by atoms with Crippen LogP contribution >= 0.6 is 11.8 Å². The number of thioether (sulfide) groups is 1. The zero-order chi connectivity index (χ0) is 13.7. The minimum absolute atomic E-state index is 0.106. The van der Waals surface area contributed by atoms with E-state index in [4.69, 9.17) is 5.73 Å². The highest BCUT2D eigenvalue weighted by atomic mass is 32.2. The number of pyridine rings is 1. The number of aromatic nitrogens is 1. The molecule has 1 aliphatic carbocycles. The van der Waals surface area contributed by atoms with Crippen LogP contribution in [0.25, 0.3) is 0 Å². The van der Waals surface area contributed by atoms with Gasteiger partial charge in [0.2, 0.25) is 5.91 Å². The monoisotopic (exact) mass is 276 g/mol. The van der Waals surface area contributed by atoms with Crippen molar-refractivity contribution < 1.29 is 4.79 Å². The zero-order valence-corrected chi connectivity index (χ0v) is 11.4. The predicted octanol–water partition coefficient (Wildman–Crippen LogP) is 1.71. The van der Waals surface area contributed by atoms with Gasteiger partial charge in [-0.15, -0.1) is 11.8 Å². The van der Waals surface area contributed by atoms with Crippen molar-refractivity contribution in [2.45, 2.75) is 36.1 Å². The maximum absolute atomic E-state index is 11.9. The molecule has 0 aromatic carbocycles. The number of nitrogens with two attached hydrogens (primary N) is 1. The van der Waals surface area contributed by atoms with E-state index in [-0.39, 0.29) is 11.7 Å². The molecular weight excluding hydrogens is 260 g/mol. The van der Waals surface area contributed by atoms with Gasteiger partial charge in [0, 0.05) is 11.1 Å². The molecular formula is C13H16N4OS. The highest BCUT2D eigenvalue weighted by Gasteiger charge is 2.35. The van der Waals surface area contributed by atoms with Crippen molar-refractivity contribution in [3.8, 4) is 6.07 Å². The Morgan fingerprint density at radius 1 is 1.53 bits per heavy atom. The van der Waals surface area contributed by atoms with Gasteiger partial charge in [0.1, 0.15) is 11.4 Å². The molecule has 1 heterocycles. The molecule has 1 saturated carbocycles. The van der Waals surface area contributed by atoms with Gasteiger partial charge in [-0.25, -0.2) is 4.98 Å². The average Bonchev–Trinajstić information content (AvgIpc) is 2.87. The highest BCUT2D eigenvalue weighted by Crippen LogP contribution is 2.29. The van der Waals surface area contributed by atoms with Gasteiger partial charge in [0.25, 0.3) is 0 Å². The number of nitriles is 1. The molecule has 2 rings (SSSR count). The van der Waals surface area contributed by atoms with Gasteiger partial charge in [0.05, 0.1) is 11.8 Å². The second-order valence-electron chi connectivity index (χ2n) is 4.66. The highest BCUT2D eigenvalue weighted by molar-refractivity contribution is 8.00. The molecule has 0 aliphatic heterocycles.